The molecule has 0 spiro atoms. The van der Waals surface area contributed by atoms with Gasteiger partial charge in [0, 0.05) is 6.08 Å². The summed E-state index contributed by atoms with van der Waals surface area (Å²) in [5.74, 6) is -0.864. The molecular formula is C15H24O4. The van der Waals surface area contributed by atoms with E-state index in [0.717, 1.165) is 32.1 Å². The monoisotopic (exact) mass is 268 g/mol. The van der Waals surface area contributed by atoms with Gasteiger partial charge < -0.3 is 14.2 Å². The minimum atomic E-state index is -0.572. The van der Waals surface area contributed by atoms with Crippen LogP contribution in [-0.4, -0.2) is 30.1 Å². The molecule has 0 aromatic carbocycles. The van der Waals surface area contributed by atoms with E-state index >= 15 is 0 Å². The fourth-order valence-corrected chi connectivity index (χ4v) is 2.67. The van der Waals surface area contributed by atoms with Gasteiger partial charge in [-0.15, -0.1) is 0 Å². The molecule has 108 valence electrons. The third-order valence-electron chi connectivity index (χ3n) is 3.56. The first-order valence-corrected chi connectivity index (χ1v) is 7.21. The lowest BCUT2D eigenvalue weighted by atomic mass is 10.0. The van der Waals surface area contributed by atoms with Gasteiger partial charge in [0.15, 0.2) is 5.79 Å². The molecule has 19 heavy (non-hydrogen) atoms. The summed E-state index contributed by atoms with van der Waals surface area (Å²) < 4.78 is 17.0. The van der Waals surface area contributed by atoms with E-state index in [1.165, 1.54) is 6.08 Å². The second-order valence-corrected chi connectivity index (χ2v) is 5.88. The van der Waals surface area contributed by atoms with Crippen molar-refractivity contribution in [2.24, 2.45) is 0 Å². The van der Waals surface area contributed by atoms with Gasteiger partial charge in [0.05, 0.1) is 12.2 Å². The Morgan fingerprint density at radius 2 is 1.89 bits per heavy atom. The first kappa shape index (κ1) is 14.5. The Morgan fingerprint density at radius 1 is 1.16 bits per heavy atom. The van der Waals surface area contributed by atoms with Crippen LogP contribution in [0.4, 0.5) is 0 Å². The number of esters is 1. The summed E-state index contributed by atoms with van der Waals surface area (Å²) in [6.07, 6.45) is 8.36. The quantitative estimate of drug-likeness (QED) is 0.634. The second-order valence-electron chi connectivity index (χ2n) is 5.88. The van der Waals surface area contributed by atoms with Crippen molar-refractivity contribution in [1.82, 2.24) is 0 Å². The van der Waals surface area contributed by atoms with E-state index in [1.54, 1.807) is 6.08 Å². The molecule has 4 nitrogen and oxygen atoms in total. The SMILES string of the molecule is C[C@@H]1CCCCC[C@H]2OC(C)(C)O[C@@H]2/C=C/C(=O)O1. The van der Waals surface area contributed by atoms with Gasteiger partial charge in [-0.2, -0.15) is 0 Å². The summed E-state index contributed by atoms with van der Waals surface area (Å²) >= 11 is 0. The van der Waals surface area contributed by atoms with Crippen molar-refractivity contribution in [2.75, 3.05) is 0 Å². The fraction of sp³-hybridized carbons (Fsp3) is 0.800. The van der Waals surface area contributed by atoms with Crippen molar-refractivity contribution in [1.29, 1.82) is 0 Å². The highest BCUT2D eigenvalue weighted by Crippen LogP contribution is 2.32. The van der Waals surface area contributed by atoms with Crippen LogP contribution in [0, 0.1) is 0 Å². The van der Waals surface area contributed by atoms with E-state index in [4.69, 9.17) is 14.2 Å². The lowest BCUT2D eigenvalue weighted by molar-refractivity contribution is -0.144. The number of hydrogen-bond acceptors (Lipinski definition) is 4. The first-order valence-electron chi connectivity index (χ1n) is 7.21. The predicted octanol–water partition coefficient (Wildman–Crippen LogP) is 2.96. The predicted molar refractivity (Wildman–Crippen MR) is 71.6 cm³/mol. The highest BCUT2D eigenvalue weighted by atomic mass is 16.7. The summed E-state index contributed by atoms with van der Waals surface area (Å²) in [6, 6.07) is 0. The molecule has 0 bridgehead atoms. The third-order valence-corrected chi connectivity index (χ3v) is 3.56. The van der Waals surface area contributed by atoms with Crippen LogP contribution in [0.2, 0.25) is 0 Å². The lowest BCUT2D eigenvalue weighted by Gasteiger charge is -2.17. The summed E-state index contributed by atoms with van der Waals surface area (Å²) in [4.78, 5) is 11.7. The molecule has 2 rings (SSSR count). The summed E-state index contributed by atoms with van der Waals surface area (Å²) in [7, 11) is 0. The standard InChI is InChI=1S/C15H24O4/c1-11-7-5-4-6-8-12-13(9-10-14(16)17-11)19-15(2,3)18-12/h9-13H,4-8H2,1-3H3/b10-9+/t11-,12-,13-/m1/s1. The van der Waals surface area contributed by atoms with Crippen molar-refractivity contribution in [3.05, 3.63) is 12.2 Å². The Morgan fingerprint density at radius 3 is 2.68 bits per heavy atom. The maximum absolute atomic E-state index is 11.7. The Kier molecular flexibility index (Phi) is 4.63. The molecule has 3 atom stereocenters. The average Bonchev–Trinajstić information content (AvgIpc) is 2.59. The first-order chi connectivity index (χ1) is 8.96. The van der Waals surface area contributed by atoms with Crippen molar-refractivity contribution < 1.29 is 19.0 Å². The highest BCUT2D eigenvalue weighted by Gasteiger charge is 2.39. The Labute approximate surface area is 115 Å². The molecule has 2 aliphatic rings. The number of cyclic esters (lactones) is 1. The van der Waals surface area contributed by atoms with Crippen molar-refractivity contribution in [3.8, 4) is 0 Å². The maximum Gasteiger partial charge on any atom is 0.330 e. The molecule has 0 amide bonds. The van der Waals surface area contributed by atoms with E-state index in [2.05, 4.69) is 0 Å². The number of ether oxygens (including phenoxy) is 3. The second kappa shape index (κ2) is 6.06. The molecular weight excluding hydrogens is 244 g/mol. The molecule has 2 heterocycles. The smallest absolute Gasteiger partial charge is 0.330 e. The normalized spacial score (nSPS) is 37.6. The van der Waals surface area contributed by atoms with E-state index in [-0.39, 0.29) is 24.3 Å². The van der Waals surface area contributed by atoms with Crippen LogP contribution < -0.4 is 0 Å². The number of rotatable bonds is 0. The molecule has 2 aliphatic heterocycles. The van der Waals surface area contributed by atoms with Gasteiger partial charge in [-0.05, 0) is 46.1 Å². The van der Waals surface area contributed by atoms with Crippen molar-refractivity contribution >= 4 is 5.97 Å². The van der Waals surface area contributed by atoms with E-state index in [1.807, 2.05) is 20.8 Å². The zero-order chi connectivity index (χ0) is 13.9. The van der Waals surface area contributed by atoms with Gasteiger partial charge in [0.2, 0.25) is 0 Å². The minimum absolute atomic E-state index is 0.00967. The Balaban J connectivity index is 2.05. The average molecular weight is 268 g/mol. The number of fused-ring (bicyclic) bond motifs is 1. The molecule has 1 fully saturated rings. The topological polar surface area (TPSA) is 44.8 Å². The fourth-order valence-electron chi connectivity index (χ4n) is 2.67. The summed E-state index contributed by atoms with van der Waals surface area (Å²) in [5, 5.41) is 0. The molecule has 0 saturated carbocycles. The molecule has 4 heteroatoms. The maximum atomic E-state index is 11.7. The molecule has 0 unspecified atom stereocenters. The molecule has 0 aromatic heterocycles. The van der Waals surface area contributed by atoms with Crippen molar-refractivity contribution in [2.45, 2.75) is 77.0 Å². The summed E-state index contributed by atoms with van der Waals surface area (Å²) in [5.41, 5.74) is 0. The van der Waals surface area contributed by atoms with Gasteiger partial charge in [0.1, 0.15) is 6.10 Å². The van der Waals surface area contributed by atoms with Crippen LogP contribution in [0.3, 0.4) is 0 Å². The van der Waals surface area contributed by atoms with E-state index in [0.29, 0.717) is 0 Å². The molecule has 1 saturated heterocycles. The number of carbonyl (C=O) groups is 1. The zero-order valence-electron chi connectivity index (χ0n) is 12.1. The zero-order valence-corrected chi connectivity index (χ0v) is 12.1. The van der Waals surface area contributed by atoms with Gasteiger partial charge >= 0.3 is 5.97 Å². The van der Waals surface area contributed by atoms with Gasteiger partial charge in [-0.25, -0.2) is 4.79 Å². The third kappa shape index (κ3) is 4.32. The van der Waals surface area contributed by atoms with Crippen LogP contribution in [-0.2, 0) is 19.0 Å². The molecule has 0 N–H and O–H groups in total. The van der Waals surface area contributed by atoms with Gasteiger partial charge in [-0.3, -0.25) is 0 Å². The van der Waals surface area contributed by atoms with E-state index in [9.17, 15) is 4.79 Å². The van der Waals surface area contributed by atoms with Crippen LogP contribution in [0.15, 0.2) is 12.2 Å². The number of hydrogen-bond donors (Lipinski definition) is 0. The van der Waals surface area contributed by atoms with Crippen LogP contribution in [0.5, 0.6) is 0 Å². The van der Waals surface area contributed by atoms with E-state index < -0.39 is 5.79 Å². The molecule has 0 aliphatic carbocycles. The lowest BCUT2D eigenvalue weighted by Crippen LogP contribution is -2.22. The number of carbonyl (C=O) groups excluding carboxylic acids is 1. The Bertz CT molecular complexity index is 348. The van der Waals surface area contributed by atoms with Crippen LogP contribution in [0.25, 0.3) is 0 Å². The Hall–Kier alpha value is -0.870. The molecule has 0 radical (unpaired) electrons. The largest absolute Gasteiger partial charge is 0.460 e. The van der Waals surface area contributed by atoms with Crippen LogP contribution in [0.1, 0.15) is 52.9 Å². The van der Waals surface area contributed by atoms with Gasteiger partial charge in [0.25, 0.3) is 0 Å². The minimum Gasteiger partial charge on any atom is -0.460 e. The summed E-state index contributed by atoms with van der Waals surface area (Å²) in [6.45, 7) is 5.76. The van der Waals surface area contributed by atoms with Crippen molar-refractivity contribution in [3.63, 3.8) is 0 Å². The molecule has 0 aromatic rings. The van der Waals surface area contributed by atoms with Gasteiger partial charge in [-0.1, -0.05) is 12.8 Å². The highest BCUT2D eigenvalue weighted by molar-refractivity contribution is 5.82. The van der Waals surface area contributed by atoms with Crippen LogP contribution >= 0.6 is 0 Å².